The molecule has 0 unspecified atom stereocenters. The van der Waals surface area contributed by atoms with Crippen molar-refractivity contribution in [1.82, 2.24) is 0 Å². The standard InChI is InChI=1S/C18H16ClNS/c19-17-4-2-1-3-16(17)13-10-15(11-13)20-14-5-6-18-12(9-14)7-8-21-18/h1-9,13,15,20H,10-11H2. The van der Waals surface area contributed by atoms with E-state index in [1.807, 2.05) is 12.1 Å². The minimum Gasteiger partial charge on any atom is -0.382 e. The molecule has 0 amide bonds. The van der Waals surface area contributed by atoms with Crippen molar-refractivity contribution >= 4 is 38.7 Å². The van der Waals surface area contributed by atoms with Crippen molar-refractivity contribution in [3.8, 4) is 0 Å². The minimum absolute atomic E-state index is 0.558. The van der Waals surface area contributed by atoms with Gasteiger partial charge in [-0.3, -0.25) is 0 Å². The van der Waals surface area contributed by atoms with Crippen molar-refractivity contribution in [2.45, 2.75) is 24.8 Å². The van der Waals surface area contributed by atoms with Gasteiger partial charge in [-0.25, -0.2) is 0 Å². The average Bonchev–Trinajstić information content (AvgIpc) is 2.91. The van der Waals surface area contributed by atoms with E-state index in [0.29, 0.717) is 12.0 Å². The molecule has 1 aliphatic rings. The van der Waals surface area contributed by atoms with Crippen LogP contribution in [0.1, 0.15) is 24.3 Å². The van der Waals surface area contributed by atoms with Gasteiger partial charge in [0.2, 0.25) is 0 Å². The SMILES string of the molecule is Clc1ccccc1C1CC(Nc2ccc3sccc3c2)C1. The summed E-state index contributed by atoms with van der Waals surface area (Å²) in [5.41, 5.74) is 2.52. The highest BCUT2D eigenvalue weighted by atomic mass is 35.5. The number of hydrogen-bond donors (Lipinski definition) is 1. The molecule has 1 aliphatic carbocycles. The molecule has 3 aromatic rings. The first-order valence-corrected chi connectivity index (χ1v) is 8.53. The Kier molecular flexibility index (Phi) is 3.36. The van der Waals surface area contributed by atoms with E-state index in [2.05, 4.69) is 47.1 Å². The maximum absolute atomic E-state index is 6.27. The normalized spacial score (nSPS) is 21.2. The third-order valence-electron chi connectivity index (χ3n) is 4.31. The van der Waals surface area contributed by atoms with Crippen LogP contribution in [0, 0.1) is 0 Å². The molecule has 106 valence electrons. The van der Waals surface area contributed by atoms with Crippen molar-refractivity contribution in [2.75, 3.05) is 5.32 Å². The van der Waals surface area contributed by atoms with Gasteiger partial charge in [0.1, 0.15) is 0 Å². The van der Waals surface area contributed by atoms with Gasteiger partial charge in [0, 0.05) is 21.5 Å². The summed E-state index contributed by atoms with van der Waals surface area (Å²) in [6.07, 6.45) is 2.32. The molecule has 4 rings (SSSR count). The van der Waals surface area contributed by atoms with E-state index in [1.54, 1.807) is 11.3 Å². The Labute approximate surface area is 133 Å². The van der Waals surface area contributed by atoms with Crippen LogP contribution < -0.4 is 5.32 Å². The molecular formula is C18H16ClNS. The number of hydrogen-bond acceptors (Lipinski definition) is 2. The topological polar surface area (TPSA) is 12.0 Å². The van der Waals surface area contributed by atoms with E-state index in [0.717, 1.165) is 17.9 Å². The lowest BCUT2D eigenvalue weighted by atomic mass is 9.76. The Morgan fingerprint density at radius 1 is 1.05 bits per heavy atom. The summed E-state index contributed by atoms with van der Waals surface area (Å²) in [5.74, 6) is 0.598. The van der Waals surface area contributed by atoms with Crippen molar-refractivity contribution in [2.24, 2.45) is 0 Å². The van der Waals surface area contributed by atoms with Crippen LogP contribution in [-0.2, 0) is 0 Å². The first-order valence-electron chi connectivity index (χ1n) is 7.28. The van der Waals surface area contributed by atoms with Crippen LogP contribution in [0.4, 0.5) is 5.69 Å². The lowest BCUT2D eigenvalue weighted by Crippen LogP contribution is -2.34. The molecule has 0 atom stereocenters. The first kappa shape index (κ1) is 13.2. The second kappa shape index (κ2) is 5.36. The van der Waals surface area contributed by atoms with Crippen LogP contribution in [-0.4, -0.2) is 6.04 Å². The fourth-order valence-electron chi connectivity index (χ4n) is 3.09. The number of fused-ring (bicyclic) bond motifs is 1. The number of nitrogens with one attached hydrogen (secondary N) is 1. The maximum atomic E-state index is 6.27. The van der Waals surface area contributed by atoms with Crippen molar-refractivity contribution in [3.63, 3.8) is 0 Å². The molecular weight excluding hydrogens is 298 g/mol. The molecule has 0 spiro atoms. The molecule has 0 radical (unpaired) electrons. The quantitative estimate of drug-likeness (QED) is 0.633. The Morgan fingerprint density at radius 3 is 2.76 bits per heavy atom. The summed E-state index contributed by atoms with van der Waals surface area (Å²) in [4.78, 5) is 0. The minimum atomic E-state index is 0.558. The van der Waals surface area contributed by atoms with Gasteiger partial charge >= 0.3 is 0 Å². The van der Waals surface area contributed by atoms with E-state index < -0.39 is 0 Å². The fourth-order valence-corrected chi connectivity index (χ4v) is 4.15. The van der Waals surface area contributed by atoms with Crippen LogP contribution >= 0.6 is 22.9 Å². The molecule has 1 fully saturated rings. The van der Waals surface area contributed by atoms with Gasteiger partial charge in [0.15, 0.2) is 0 Å². The highest BCUT2D eigenvalue weighted by Gasteiger charge is 2.31. The monoisotopic (exact) mass is 313 g/mol. The van der Waals surface area contributed by atoms with Gasteiger partial charge in [-0.15, -0.1) is 11.3 Å². The van der Waals surface area contributed by atoms with Gasteiger partial charge in [-0.1, -0.05) is 29.8 Å². The molecule has 21 heavy (non-hydrogen) atoms. The Hall–Kier alpha value is -1.51. The molecule has 1 heterocycles. The molecule has 0 bridgehead atoms. The second-order valence-electron chi connectivity index (χ2n) is 5.70. The molecule has 0 saturated heterocycles. The van der Waals surface area contributed by atoms with Gasteiger partial charge in [0.05, 0.1) is 0 Å². The van der Waals surface area contributed by atoms with Gasteiger partial charge in [0.25, 0.3) is 0 Å². The van der Waals surface area contributed by atoms with Crippen LogP contribution in [0.5, 0.6) is 0 Å². The van der Waals surface area contributed by atoms with E-state index >= 15 is 0 Å². The molecule has 0 aliphatic heterocycles. The highest BCUT2D eigenvalue weighted by molar-refractivity contribution is 7.17. The summed E-state index contributed by atoms with van der Waals surface area (Å²) in [5, 5.41) is 8.01. The van der Waals surface area contributed by atoms with E-state index in [9.17, 15) is 0 Å². The Bertz CT molecular complexity index is 773. The van der Waals surface area contributed by atoms with Crippen LogP contribution in [0.3, 0.4) is 0 Å². The van der Waals surface area contributed by atoms with Crippen molar-refractivity contribution < 1.29 is 0 Å². The molecule has 1 nitrogen and oxygen atoms in total. The maximum Gasteiger partial charge on any atom is 0.0440 e. The summed E-state index contributed by atoms with van der Waals surface area (Å²) < 4.78 is 1.35. The van der Waals surface area contributed by atoms with E-state index in [4.69, 9.17) is 11.6 Å². The third kappa shape index (κ3) is 2.54. The van der Waals surface area contributed by atoms with Crippen LogP contribution in [0.25, 0.3) is 10.1 Å². The number of rotatable bonds is 3. The molecule has 1 aromatic heterocycles. The predicted octanol–water partition coefficient (Wildman–Crippen LogP) is 5.91. The zero-order chi connectivity index (χ0) is 14.2. The number of halogens is 1. The summed E-state index contributed by atoms with van der Waals surface area (Å²) in [7, 11) is 0. The Balaban J connectivity index is 1.43. The Morgan fingerprint density at radius 2 is 1.90 bits per heavy atom. The fraction of sp³-hybridized carbons (Fsp3) is 0.222. The van der Waals surface area contributed by atoms with Crippen molar-refractivity contribution in [1.29, 1.82) is 0 Å². The van der Waals surface area contributed by atoms with Gasteiger partial charge in [-0.2, -0.15) is 0 Å². The van der Waals surface area contributed by atoms with Gasteiger partial charge < -0.3 is 5.32 Å². The summed E-state index contributed by atoms with van der Waals surface area (Å²) in [6.45, 7) is 0. The lowest BCUT2D eigenvalue weighted by Gasteiger charge is -2.37. The summed E-state index contributed by atoms with van der Waals surface area (Å²) >= 11 is 8.06. The van der Waals surface area contributed by atoms with Crippen LogP contribution in [0.15, 0.2) is 53.9 Å². The first-order chi connectivity index (χ1) is 10.3. The highest BCUT2D eigenvalue weighted by Crippen LogP contribution is 2.41. The zero-order valence-electron chi connectivity index (χ0n) is 11.6. The largest absolute Gasteiger partial charge is 0.382 e. The number of anilines is 1. The number of benzene rings is 2. The predicted molar refractivity (Wildman–Crippen MR) is 92.7 cm³/mol. The van der Waals surface area contributed by atoms with E-state index in [-0.39, 0.29) is 0 Å². The molecule has 1 saturated carbocycles. The molecule has 3 heteroatoms. The average molecular weight is 314 g/mol. The lowest BCUT2D eigenvalue weighted by molar-refractivity contribution is 0.374. The van der Waals surface area contributed by atoms with Crippen LogP contribution in [0.2, 0.25) is 5.02 Å². The van der Waals surface area contributed by atoms with Gasteiger partial charge in [-0.05, 0) is 65.4 Å². The molecule has 1 N–H and O–H groups in total. The van der Waals surface area contributed by atoms with E-state index in [1.165, 1.54) is 21.3 Å². The van der Waals surface area contributed by atoms with Crippen molar-refractivity contribution in [3.05, 3.63) is 64.5 Å². The number of thiophene rings is 1. The zero-order valence-corrected chi connectivity index (χ0v) is 13.1. The molecule has 2 aromatic carbocycles. The smallest absolute Gasteiger partial charge is 0.0440 e. The third-order valence-corrected chi connectivity index (χ3v) is 5.55. The second-order valence-corrected chi connectivity index (χ2v) is 7.06. The summed E-state index contributed by atoms with van der Waals surface area (Å²) in [6, 6.07) is 17.6.